The minimum atomic E-state index is -0.431. The van der Waals surface area contributed by atoms with E-state index in [1.54, 1.807) is 5.06 Å². The number of nitrogens with zero attached hydrogens (tertiary/aromatic N) is 1. The number of rotatable bonds is 2. The van der Waals surface area contributed by atoms with Gasteiger partial charge in [-0.25, -0.2) is 4.79 Å². The van der Waals surface area contributed by atoms with Crippen LogP contribution in [0.3, 0.4) is 0 Å². The monoisotopic (exact) mass is 225 g/mol. The molecule has 0 aromatic heterocycles. The molecule has 0 spiro atoms. The molecule has 1 fully saturated rings. The second-order valence-corrected chi connectivity index (χ2v) is 5.92. The van der Waals surface area contributed by atoms with E-state index in [9.17, 15) is 4.79 Å². The standard InChI is InChI=1S/C13H23NO2/c1-6-13(5)7-9-14(10-8-13)16-11(15)12(2,3)4/h6H,1,7-10H2,2-5H3. The van der Waals surface area contributed by atoms with Crippen molar-refractivity contribution in [1.29, 1.82) is 0 Å². The quantitative estimate of drug-likeness (QED) is 0.677. The molecule has 0 bridgehead atoms. The molecule has 1 aliphatic rings. The molecule has 0 aromatic rings. The lowest BCUT2D eigenvalue weighted by Gasteiger charge is -2.36. The zero-order chi connectivity index (χ0) is 12.4. The van der Waals surface area contributed by atoms with E-state index in [1.807, 2.05) is 26.8 Å². The Morgan fingerprint density at radius 2 is 1.88 bits per heavy atom. The van der Waals surface area contributed by atoms with Crippen molar-refractivity contribution in [2.75, 3.05) is 13.1 Å². The lowest BCUT2D eigenvalue weighted by atomic mass is 9.81. The van der Waals surface area contributed by atoms with Crippen LogP contribution in [-0.2, 0) is 9.63 Å². The summed E-state index contributed by atoms with van der Waals surface area (Å²) in [5.41, 5.74) is -0.232. The maximum absolute atomic E-state index is 11.7. The van der Waals surface area contributed by atoms with Gasteiger partial charge in [-0.3, -0.25) is 0 Å². The van der Waals surface area contributed by atoms with Crippen LogP contribution in [0.5, 0.6) is 0 Å². The van der Waals surface area contributed by atoms with Crippen molar-refractivity contribution in [3.63, 3.8) is 0 Å². The normalized spacial score (nSPS) is 21.5. The van der Waals surface area contributed by atoms with Gasteiger partial charge >= 0.3 is 5.97 Å². The highest BCUT2D eigenvalue weighted by atomic mass is 16.7. The molecule has 0 aliphatic carbocycles. The van der Waals surface area contributed by atoms with Gasteiger partial charge in [0.15, 0.2) is 0 Å². The Morgan fingerprint density at radius 3 is 2.25 bits per heavy atom. The van der Waals surface area contributed by atoms with E-state index in [-0.39, 0.29) is 11.4 Å². The third kappa shape index (κ3) is 3.34. The maximum Gasteiger partial charge on any atom is 0.330 e. The van der Waals surface area contributed by atoms with Gasteiger partial charge in [-0.1, -0.05) is 13.0 Å². The Morgan fingerprint density at radius 1 is 1.38 bits per heavy atom. The van der Waals surface area contributed by atoms with Crippen molar-refractivity contribution in [1.82, 2.24) is 5.06 Å². The smallest absolute Gasteiger partial charge is 0.330 e. The molecule has 1 saturated heterocycles. The molecule has 3 heteroatoms. The van der Waals surface area contributed by atoms with E-state index in [0.717, 1.165) is 25.9 Å². The highest BCUT2D eigenvalue weighted by Gasteiger charge is 2.31. The number of hydrogen-bond donors (Lipinski definition) is 0. The Kier molecular flexibility index (Phi) is 3.79. The minimum absolute atomic E-state index is 0.158. The summed E-state index contributed by atoms with van der Waals surface area (Å²) >= 11 is 0. The van der Waals surface area contributed by atoms with Crippen LogP contribution < -0.4 is 0 Å². The molecule has 1 rings (SSSR count). The van der Waals surface area contributed by atoms with Crippen molar-refractivity contribution in [2.24, 2.45) is 10.8 Å². The first-order valence-electron chi connectivity index (χ1n) is 5.88. The summed E-state index contributed by atoms with van der Waals surface area (Å²) in [7, 11) is 0. The molecular formula is C13H23NO2. The molecule has 0 N–H and O–H groups in total. The first-order chi connectivity index (χ1) is 7.27. The van der Waals surface area contributed by atoms with Crippen LogP contribution in [-0.4, -0.2) is 24.1 Å². The molecule has 0 radical (unpaired) electrons. The van der Waals surface area contributed by atoms with Gasteiger partial charge in [0.1, 0.15) is 0 Å². The van der Waals surface area contributed by atoms with Gasteiger partial charge < -0.3 is 4.84 Å². The van der Waals surface area contributed by atoms with E-state index >= 15 is 0 Å². The molecule has 0 saturated carbocycles. The molecule has 0 atom stereocenters. The molecule has 1 aliphatic heterocycles. The maximum atomic E-state index is 11.7. The van der Waals surface area contributed by atoms with Crippen LogP contribution in [0.2, 0.25) is 0 Å². The SMILES string of the molecule is C=CC1(C)CCN(OC(=O)C(C)(C)C)CC1. The van der Waals surface area contributed by atoms with Crippen molar-refractivity contribution in [3.05, 3.63) is 12.7 Å². The zero-order valence-corrected chi connectivity index (χ0v) is 10.9. The number of carbonyl (C=O) groups excluding carboxylic acids is 1. The molecule has 1 heterocycles. The Hall–Kier alpha value is -0.830. The fourth-order valence-electron chi connectivity index (χ4n) is 1.55. The van der Waals surface area contributed by atoms with Crippen molar-refractivity contribution in [3.8, 4) is 0 Å². The van der Waals surface area contributed by atoms with Crippen LogP contribution in [0.25, 0.3) is 0 Å². The Balaban J connectivity index is 2.44. The Labute approximate surface area is 98.4 Å². The van der Waals surface area contributed by atoms with Gasteiger partial charge in [0, 0.05) is 13.1 Å². The van der Waals surface area contributed by atoms with Crippen LogP contribution >= 0.6 is 0 Å². The molecule has 3 nitrogen and oxygen atoms in total. The van der Waals surface area contributed by atoms with Crippen LogP contribution in [0.4, 0.5) is 0 Å². The fraction of sp³-hybridized carbons (Fsp3) is 0.769. The van der Waals surface area contributed by atoms with Crippen molar-refractivity contribution in [2.45, 2.75) is 40.5 Å². The summed E-state index contributed by atoms with van der Waals surface area (Å²) in [5, 5.41) is 1.78. The Bertz CT molecular complexity index is 270. The van der Waals surface area contributed by atoms with Gasteiger partial charge in [0.05, 0.1) is 5.41 Å². The van der Waals surface area contributed by atoms with E-state index < -0.39 is 5.41 Å². The summed E-state index contributed by atoms with van der Waals surface area (Å²) in [6.45, 7) is 13.2. The van der Waals surface area contributed by atoms with Gasteiger partial charge in [0.2, 0.25) is 0 Å². The lowest BCUT2D eigenvalue weighted by Crippen LogP contribution is -2.41. The van der Waals surface area contributed by atoms with Crippen LogP contribution in [0, 0.1) is 10.8 Å². The lowest BCUT2D eigenvalue weighted by molar-refractivity contribution is -0.207. The summed E-state index contributed by atoms with van der Waals surface area (Å²) < 4.78 is 0. The van der Waals surface area contributed by atoms with E-state index in [2.05, 4.69) is 13.5 Å². The highest BCUT2D eigenvalue weighted by molar-refractivity contribution is 5.75. The van der Waals surface area contributed by atoms with Gasteiger partial charge in [0.25, 0.3) is 0 Å². The first kappa shape index (κ1) is 13.2. The van der Waals surface area contributed by atoms with E-state index in [4.69, 9.17) is 4.84 Å². The number of hydrogen-bond acceptors (Lipinski definition) is 3. The molecule has 0 unspecified atom stereocenters. The van der Waals surface area contributed by atoms with Crippen LogP contribution in [0.15, 0.2) is 12.7 Å². The molecule has 0 amide bonds. The third-order valence-corrected chi connectivity index (χ3v) is 3.18. The summed E-state index contributed by atoms with van der Waals surface area (Å²) in [4.78, 5) is 17.0. The zero-order valence-electron chi connectivity index (χ0n) is 10.9. The van der Waals surface area contributed by atoms with E-state index in [0.29, 0.717) is 0 Å². The van der Waals surface area contributed by atoms with Gasteiger partial charge in [-0.15, -0.1) is 11.6 Å². The molecule has 0 aromatic carbocycles. The van der Waals surface area contributed by atoms with Gasteiger partial charge in [-0.05, 0) is 39.0 Å². The predicted octanol–water partition coefficient (Wildman–Crippen LogP) is 2.78. The average Bonchev–Trinajstić information content (AvgIpc) is 2.20. The minimum Gasteiger partial charge on any atom is -0.367 e. The van der Waals surface area contributed by atoms with Crippen molar-refractivity contribution < 1.29 is 9.63 Å². The summed E-state index contributed by atoms with van der Waals surface area (Å²) in [6.07, 6.45) is 4.00. The molecule has 16 heavy (non-hydrogen) atoms. The largest absolute Gasteiger partial charge is 0.367 e. The predicted molar refractivity (Wildman–Crippen MR) is 64.7 cm³/mol. The summed E-state index contributed by atoms with van der Waals surface area (Å²) in [5.74, 6) is -0.158. The van der Waals surface area contributed by atoms with E-state index in [1.165, 1.54) is 0 Å². The molecular weight excluding hydrogens is 202 g/mol. The summed E-state index contributed by atoms with van der Waals surface area (Å²) in [6, 6.07) is 0. The number of allylic oxidation sites excluding steroid dienone is 1. The number of carbonyl (C=O) groups is 1. The van der Waals surface area contributed by atoms with Gasteiger partial charge in [-0.2, -0.15) is 0 Å². The molecule has 92 valence electrons. The number of piperidine rings is 1. The second kappa shape index (κ2) is 4.58. The van der Waals surface area contributed by atoms with Crippen LogP contribution in [0.1, 0.15) is 40.5 Å². The first-order valence-corrected chi connectivity index (χ1v) is 5.88. The average molecular weight is 225 g/mol. The second-order valence-electron chi connectivity index (χ2n) is 5.92. The third-order valence-electron chi connectivity index (χ3n) is 3.18. The topological polar surface area (TPSA) is 29.5 Å². The van der Waals surface area contributed by atoms with Crippen molar-refractivity contribution >= 4 is 5.97 Å². The fourth-order valence-corrected chi connectivity index (χ4v) is 1.55. The highest BCUT2D eigenvalue weighted by Crippen LogP contribution is 2.32. The number of hydroxylamine groups is 2.